The zero-order valence-electron chi connectivity index (χ0n) is 12.4. The molecule has 0 aliphatic rings. The van der Waals surface area contributed by atoms with Gasteiger partial charge in [0.25, 0.3) is 9.05 Å². The van der Waals surface area contributed by atoms with Gasteiger partial charge in [-0.15, -0.1) is 0 Å². The average Bonchev–Trinajstić information content (AvgIpc) is 2.24. The van der Waals surface area contributed by atoms with E-state index in [4.69, 9.17) is 15.4 Å². The molecule has 0 heterocycles. The van der Waals surface area contributed by atoms with Crippen LogP contribution >= 0.6 is 10.7 Å². The Balaban J connectivity index is 3.15. The van der Waals surface area contributed by atoms with Gasteiger partial charge in [0, 0.05) is 22.5 Å². The van der Waals surface area contributed by atoms with Crippen LogP contribution in [0.25, 0.3) is 0 Å². The number of hydrogen-bond acceptors (Lipinski definition) is 5. The third-order valence-corrected chi connectivity index (χ3v) is 5.01. The quantitative estimate of drug-likeness (QED) is 0.758. The molecule has 0 spiro atoms. The van der Waals surface area contributed by atoms with Crippen LogP contribution < -0.4 is 4.74 Å². The van der Waals surface area contributed by atoms with Crippen molar-refractivity contribution in [2.45, 2.75) is 31.1 Å². The van der Waals surface area contributed by atoms with Gasteiger partial charge in [-0.25, -0.2) is 16.8 Å². The van der Waals surface area contributed by atoms with E-state index in [2.05, 4.69) is 0 Å². The first-order valence-electron chi connectivity index (χ1n) is 6.20. The van der Waals surface area contributed by atoms with Gasteiger partial charge in [0.05, 0.1) is 10.6 Å². The van der Waals surface area contributed by atoms with Crippen LogP contribution in [0.5, 0.6) is 5.75 Å². The van der Waals surface area contributed by atoms with Crippen LogP contribution in [0.3, 0.4) is 0 Å². The Labute approximate surface area is 130 Å². The fourth-order valence-corrected chi connectivity index (χ4v) is 2.84. The van der Waals surface area contributed by atoms with Gasteiger partial charge in [-0.3, -0.25) is 0 Å². The Morgan fingerprint density at radius 2 is 1.71 bits per heavy atom. The maximum Gasteiger partial charge on any atom is 0.261 e. The first-order chi connectivity index (χ1) is 9.31. The number of rotatable bonds is 5. The van der Waals surface area contributed by atoms with Crippen molar-refractivity contribution in [1.29, 1.82) is 0 Å². The minimum absolute atomic E-state index is 0.00881. The fraction of sp³-hybridized carbons (Fsp3) is 0.538. The number of hydrogen-bond donors (Lipinski definition) is 0. The van der Waals surface area contributed by atoms with Crippen molar-refractivity contribution in [3.05, 3.63) is 23.8 Å². The van der Waals surface area contributed by atoms with E-state index in [-0.39, 0.29) is 22.7 Å². The zero-order valence-corrected chi connectivity index (χ0v) is 14.8. The van der Waals surface area contributed by atoms with Crippen molar-refractivity contribution in [1.82, 2.24) is 0 Å². The van der Waals surface area contributed by atoms with Crippen molar-refractivity contribution in [2.75, 3.05) is 18.6 Å². The van der Waals surface area contributed by atoms with Gasteiger partial charge in [-0.1, -0.05) is 20.8 Å². The van der Waals surface area contributed by atoms with Gasteiger partial charge in [0.2, 0.25) is 0 Å². The molecule has 0 amide bonds. The molecule has 0 fully saturated rings. The van der Waals surface area contributed by atoms with Crippen molar-refractivity contribution in [2.24, 2.45) is 0 Å². The molecule has 0 saturated heterocycles. The molecule has 0 atom stereocenters. The second kappa shape index (κ2) is 6.14. The lowest BCUT2D eigenvalue weighted by atomic mass is 9.86. The summed E-state index contributed by atoms with van der Waals surface area (Å²) in [6.07, 6.45) is 1.13. The molecule has 1 rings (SSSR count). The van der Waals surface area contributed by atoms with E-state index in [0.717, 1.165) is 6.26 Å². The zero-order chi connectivity index (χ0) is 16.5. The van der Waals surface area contributed by atoms with Gasteiger partial charge in [-0.05, 0) is 23.6 Å². The summed E-state index contributed by atoms with van der Waals surface area (Å²) in [6.45, 7) is 5.71. The highest BCUT2D eigenvalue weighted by molar-refractivity contribution is 8.13. The largest absolute Gasteiger partial charge is 0.492 e. The van der Waals surface area contributed by atoms with Crippen LogP contribution in [0.15, 0.2) is 23.1 Å². The monoisotopic (exact) mass is 354 g/mol. The molecule has 0 aliphatic heterocycles. The summed E-state index contributed by atoms with van der Waals surface area (Å²) in [5.74, 6) is 0.349. The third kappa shape index (κ3) is 5.84. The molecule has 120 valence electrons. The summed E-state index contributed by atoms with van der Waals surface area (Å²) in [5.41, 5.74) is 0.274. The number of halogens is 1. The van der Waals surface area contributed by atoms with Crippen molar-refractivity contribution >= 4 is 29.6 Å². The smallest absolute Gasteiger partial charge is 0.261 e. The van der Waals surface area contributed by atoms with Crippen LogP contribution in [0.4, 0.5) is 0 Å². The van der Waals surface area contributed by atoms with E-state index in [1.807, 2.05) is 20.8 Å². The Morgan fingerprint density at radius 3 is 2.14 bits per heavy atom. The summed E-state index contributed by atoms with van der Waals surface area (Å²) < 4.78 is 50.5. The van der Waals surface area contributed by atoms with Crippen LogP contribution in [-0.4, -0.2) is 35.5 Å². The molecule has 1 aromatic rings. The van der Waals surface area contributed by atoms with Crippen LogP contribution in [0.2, 0.25) is 0 Å². The van der Waals surface area contributed by atoms with E-state index < -0.39 is 18.9 Å². The number of ether oxygens (including phenoxy) is 1. The molecule has 0 radical (unpaired) electrons. The molecule has 0 bridgehead atoms. The molecule has 5 nitrogen and oxygen atoms in total. The molecule has 8 heteroatoms. The van der Waals surface area contributed by atoms with Gasteiger partial charge >= 0.3 is 0 Å². The highest BCUT2D eigenvalue weighted by atomic mass is 35.7. The molecule has 0 aliphatic carbocycles. The van der Waals surface area contributed by atoms with Crippen molar-refractivity contribution in [3.63, 3.8) is 0 Å². The van der Waals surface area contributed by atoms with Gasteiger partial charge in [0.1, 0.15) is 12.4 Å². The average molecular weight is 355 g/mol. The van der Waals surface area contributed by atoms with Gasteiger partial charge in [0.15, 0.2) is 9.84 Å². The molecular weight excluding hydrogens is 336 g/mol. The Morgan fingerprint density at radius 1 is 1.14 bits per heavy atom. The Kier molecular flexibility index (Phi) is 5.34. The Hall–Kier alpha value is -0.790. The lowest BCUT2D eigenvalue weighted by Crippen LogP contribution is -2.17. The van der Waals surface area contributed by atoms with E-state index in [9.17, 15) is 16.8 Å². The predicted octanol–water partition coefficient (Wildman–Crippen LogP) is 2.33. The van der Waals surface area contributed by atoms with Gasteiger partial charge < -0.3 is 4.74 Å². The second-order valence-corrected chi connectivity index (χ2v) is 10.6. The minimum atomic E-state index is -3.83. The van der Waals surface area contributed by atoms with Gasteiger partial charge in [-0.2, -0.15) is 0 Å². The number of sulfone groups is 1. The molecule has 0 N–H and O–H groups in total. The highest BCUT2D eigenvalue weighted by Gasteiger charge is 2.22. The summed E-state index contributed by atoms with van der Waals surface area (Å²) in [4.78, 5) is -0.00967. The van der Waals surface area contributed by atoms with E-state index >= 15 is 0 Å². The maximum atomic E-state index is 11.4. The van der Waals surface area contributed by atoms with E-state index in [1.165, 1.54) is 18.2 Å². The van der Waals surface area contributed by atoms with Crippen LogP contribution in [0.1, 0.15) is 26.3 Å². The lowest BCUT2D eigenvalue weighted by molar-refractivity contribution is 0.330. The summed E-state index contributed by atoms with van der Waals surface area (Å²) in [7, 11) is -1.59. The third-order valence-electron chi connectivity index (χ3n) is 2.75. The molecule has 1 aromatic carbocycles. The van der Waals surface area contributed by atoms with E-state index in [1.54, 1.807) is 0 Å². The Bertz CT molecular complexity index is 715. The van der Waals surface area contributed by atoms with Crippen LogP contribution in [-0.2, 0) is 24.3 Å². The topological polar surface area (TPSA) is 77.5 Å². The van der Waals surface area contributed by atoms with Crippen LogP contribution in [0, 0.1) is 0 Å². The summed E-state index contributed by atoms with van der Waals surface area (Å²) in [6, 6.07) is 4.30. The normalized spacial score (nSPS) is 13.2. The second-order valence-electron chi connectivity index (χ2n) is 5.82. The fourth-order valence-electron chi connectivity index (χ4n) is 1.68. The molecular formula is C13H19ClO5S2. The van der Waals surface area contributed by atoms with E-state index in [0.29, 0.717) is 11.3 Å². The standard InChI is InChI=1S/C13H19ClO5S2/c1-13(2,3)11-9-10(21(14,17)18)5-6-12(11)19-7-8-20(4,15)16/h5-6,9H,7-8H2,1-4H3. The molecule has 0 unspecified atom stereocenters. The maximum absolute atomic E-state index is 11.4. The van der Waals surface area contributed by atoms with Crippen molar-refractivity contribution in [3.8, 4) is 5.75 Å². The predicted molar refractivity (Wildman–Crippen MR) is 83.4 cm³/mol. The summed E-state index contributed by atoms with van der Waals surface area (Å²) >= 11 is 0. The number of benzene rings is 1. The first kappa shape index (κ1) is 18.3. The molecule has 0 aromatic heterocycles. The molecule has 0 saturated carbocycles. The minimum Gasteiger partial charge on any atom is -0.492 e. The van der Waals surface area contributed by atoms with Crippen molar-refractivity contribution < 1.29 is 21.6 Å². The molecule has 21 heavy (non-hydrogen) atoms. The first-order valence-corrected chi connectivity index (χ1v) is 10.6. The summed E-state index contributed by atoms with van der Waals surface area (Å²) in [5, 5.41) is 0. The SMILES string of the molecule is CC(C)(C)c1cc(S(=O)(=O)Cl)ccc1OCCS(C)(=O)=O. The lowest BCUT2D eigenvalue weighted by Gasteiger charge is -2.23. The highest BCUT2D eigenvalue weighted by Crippen LogP contribution is 2.34.